The summed E-state index contributed by atoms with van der Waals surface area (Å²) in [7, 11) is 1.40. The Morgan fingerprint density at radius 2 is 1.76 bits per heavy atom. The highest BCUT2D eigenvalue weighted by atomic mass is 16.6. The summed E-state index contributed by atoms with van der Waals surface area (Å²) in [5.74, 6) is -1.88. The van der Waals surface area contributed by atoms with Gasteiger partial charge in [-0.1, -0.05) is 30.3 Å². The number of anilines is 1. The lowest BCUT2D eigenvalue weighted by atomic mass is 9.75. The van der Waals surface area contributed by atoms with Gasteiger partial charge in [-0.2, -0.15) is 0 Å². The maximum Gasteiger partial charge on any atom is 0.310 e. The Balaban J connectivity index is 1.42. The minimum Gasteiger partial charge on any atom is -0.497 e. The van der Waals surface area contributed by atoms with Crippen molar-refractivity contribution in [2.75, 3.05) is 19.0 Å². The van der Waals surface area contributed by atoms with Crippen LogP contribution < -0.4 is 10.1 Å². The lowest BCUT2D eigenvalue weighted by Crippen LogP contribution is -2.37. The van der Waals surface area contributed by atoms with E-state index in [0.717, 1.165) is 19.3 Å². The highest BCUT2D eigenvalue weighted by molar-refractivity contribution is 6.01. The van der Waals surface area contributed by atoms with E-state index in [4.69, 9.17) is 9.47 Å². The molecule has 2 saturated carbocycles. The minimum atomic E-state index is -0.714. The molecule has 2 aliphatic carbocycles. The Morgan fingerprint density at radius 3 is 2.42 bits per heavy atom. The number of ketones is 1. The number of nitrogens with zero attached hydrogens (tertiary/aromatic N) is 1. The molecule has 0 heterocycles. The standard InChI is InChI=1S/C24H24N2O7/c1-32-17-9-10-19(26(30)31)18(12-17)25-20(27)13-33-24(29)22-16-8-7-15(11-16)21(22)23(28)14-5-3-2-4-6-14/h2-6,9-10,12,15-16,21-22H,7-8,11,13H2,1H3,(H,25,27)/t15-,16-,21-,22-/m0/s1. The number of nitro benzene ring substituents is 1. The molecule has 172 valence electrons. The van der Waals surface area contributed by atoms with E-state index < -0.39 is 35.2 Å². The van der Waals surface area contributed by atoms with E-state index in [1.54, 1.807) is 24.3 Å². The van der Waals surface area contributed by atoms with Gasteiger partial charge in [-0.25, -0.2) is 0 Å². The molecular formula is C24H24N2O7. The monoisotopic (exact) mass is 452 g/mol. The first-order chi connectivity index (χ1) is 15.9. The molecule has 1 amide bonds. The third-order valence-corrected chi connectivity index (χ3v) is 6.57. The summed E-state index contributed by atoms with van der Waals surface area (Å²) in [6.07, 6.45) is 2.55. The molecule has 4 rings (SSSR count). The minimum absolute atomic E-state index is 0.0579. The van der Waals surface area contributed by atoms with Gasteiger partial charge in [0.05, 0.1) is 18.0 Å². The zero-order valence-electron chi connectivity index (χ0n) is 18.1. The van der Waals surface area contributed by atoms with Crippen LogP contribution in [0.1, 0.15) is 29.6 Å². The van der Waals surface area contributed by atoms with Gasteiger partial charge in [0.1, 0.15) is 11.4 Å². The summed E-state index contributed by atoms with van der Waals surface area (Å²) in [6.45, 7) is -0.604. The number of fused-ring (bicyclic) bond motifs is 2. The molecular weight excluding hydrogens is 428 g/mol. The van der Waals surface area contributed by atoms with Crippen LogP contribution in [-0.4, -0.2) is 36.3 Å². The number of rotatable bonds is 8. The Kier molecular flexibility index (Phi) is 6.39. The molecule has 2 aromatic rings. The van der Waals surface area contributed by atoms with Gasteiger partial charge < -0.3 is 14.8 Å². The van der Waals surface area contributed by atoms with Crippen molar-refractivity contribution < 1.29 is 28.8 Å². The Morgan fingerprint density at radius 1 is 1.06 bits per heavy atom. The predicted molar refractivity (Wildman–Crippen MR) is 118 cm³/mol. The molecule has 2 aromatic carbocycles. The molecule has 0 aromatic heterocycles. The van der Waals surface area contributed by atoms with Gasteiger partial charge in [-0.3, -0.25) is 24.5 Å². The average molecular weight is 452 g/mol. The van der Waals surface area contributed by atoms with E-state index in [1.807, 2.05) is 6.07 Å². The zero-order valence-corrected chi connectivity index (χ0v) is 18.1. The number of benzene rings is 2. The third-order valence-electron chi connectivity index (χ3n) is 6.57. The number of esters is 1. The second-order valence-electron chi connectivity index (χ2n) is 8.41. The maximum atomic E-state index is 13.1. The average Bonchev–Trinajstić information content (AvgIpc) is 3.44. The zero-order chi connectivity index (χ0) is 23.5. The van der Waals surface area contributed by atoms with Crippen molar-refractivity contribution in [3.05, 3.63) is 64.2 Å². The van der Waals surface area contributed by atoms with Gasteiger partial charge in [-0.05, 0) is 37.2 Å². The molecule has 2 aliphatic rings. The van der Waals surface area contributed by atoms with Crippen LogP contribution in [-0.2, 0) is 14.3 Å². The lowest BCUT2D eigenvalue weighted by molar-refractivity contribution is -0.383. The Bertz CT molecular complexity index is 1090. The van der Waals surface area contributed by atoms with Crippen LogP contribution in [0.2, 0.25) is 0 Å². The van der Waals surface area contributed by atoms with E-state index in [-0.39, 0.29) is 29.0 Å². The number of Topliss-reactive ketones (excluding diaryl/α,β-unsaturated/α-hetero) is 1. The maximum absolute atomic E-state index is 13.1. The van der Waals surface area contributed by atoms with Gasteiger partial charge in [0.2, 0.25) is 0 Å². The number of hydrogen-bond acceptors (Lipinski definition) is 7. The fourth-order valence-corrected chi connectivity index (χ4v) is 5.12. The predicted octanol–water partition coefficient (Wildman–Crippen LogP) is 3.63. The number of nitrogens with one attached hydrogen (secondary N) is 1. The van der Waals surface area contributed by atoms with Crippen molar-refractivity contribution in [3.8, 4) is 5.75 Å². The molecule has 0 spiro atoms. The number of amides is 1. The second-order valence-corrected chi connectivity index (χ2v) is 8.41. The number of carbonyl (C=O) groups excluding carboxylic acids is 3. The van der Waals surface area contributed by atoms with Crippen molar-refractivity contribution in [1.82, 2.24) is 0 Å². The van der Waals surface area contributed by atoms with Crippen molar-refractivity contribution in [1.29, 1.82) is 0 Å². The van der Waals surface area contributed by atoms with E-state index in [2.05, 4.69) is 5.32 Å². The van der Waals surface area contributed by atoms with Crippen molar-refractivity contribution in [3.63, 3.8) is 0 Å². The van der Waals surface area contributed by atoms with Crippen LogP contribution in [0.4, 0.5) is 11.4 Å². The molecule has 33 heavy (non-hydrogen) atoms. The van der Waals surface area contributed by atoms with E-state index in [0.29, 0.717) is 11.3 Å². The third kappa shape index (κ3) is 4.57. The summed E-state index contributed by atoms with van der Waals surface area (Å²) in [4.78, 5) is 49.0. The summed E-state index contributed by atoms with van der Waals surface area (Å²) in [5, 5.41) is 13.6. The van der Waals surface area contributed by atoms with Gasteiger partial charge in [0.25, 0.3) is 11.6 Å². The molecule has 0 aliphatic heterocycles. The Labute approximate surface area is 190 Å². The van der Waals surface area contributed by atoms with Crippen LogP contribution in [0, 0.1) is 33.8 Å². The van der Waals surface area contributed by atoms with Gasteiger partial charge in [0.15, 0.2) is 12.4 Å². The fourth-order valence-electron chi connectivity index (χ4n) is 5.12. The number of ether oxygens (including phenoxy) is 2. The molecule has 2 bridgehead atoms. The number of nitro groups is 1. The molecule has 9 heteroatoms. The first-order valence-corrected chi connectivity index (χ1v) is 10.8. The summed E-state index contributed by atoms with van der Waals surface area (Å²) in [5.41, 5.74) is 0.200. The Hall–Kier alpha value is -3.75. The van der Waals surface area contributed by atoms with Gasteiger partial charge >= 0.3 is 5.97 Å². The normalized spacial score (nSPS) is 23.1. The first-order valence-electron chi connectivity index (χ1n) is 10.8. The van der Waals surface area contributed by atoms with E-state index in [9.17, 15) is 24.5 Å². The van der Waals surface area contributed by atoms with Crippen LogP contribution in [0.5, 0.6) is 5.75 Å². The second kappa shape index (κ2) is 9.40. The van der Waals surface area contributed by atoms with Crippen LogP contribution >= 0.6 is 0 Å². The number of methoxy groups -OCH3 is 1. The van der Waals surface area contributed by atoms with Crippen molar-refractivity contribution >= 4 is 29.0 Å². The summed E-state index contributed by atoms with van der Waals surface area (Å²) in [6, 6.07) is 12.8. The smallest absolute Gasteiger partial charge is 0.310 e. The van der Waals surface area contributed by atoms with Crippen molar-refractivity contribution in [2.24, 2.45) is 23.7 Å². The molecule has 1 N–H and O–H groups in total. The van der Waals surface area contributed by atoms with E-state index >= 15 is 0 Å². The first kappa shape index (κ1) is 22.4. The lowest BCUT2D eigenvalue weighted by Gasteiger charge is -2.28. The van der Waals surface area contributed by atoms with E-state index in [1.165, 1.54) is 25.3 Å². The van der Waals surface area contributed by atoms with Gasteiger partial charge in [0, 0.05) is 23.6 Å². The van der Waals surface area contributed by atoms with Crippen LogP contribution in [0.15, 0.2) is 48.5 Å². The summed E-state index contributed by atoms with van der Waals surface area (Å²) >= 11 is 0. The molecule has 4 atom stereocenters. The fraction of sp³-hybridized carbons (Fsp3) is 0.375. The van der Waals surface area contributed by atoms with Crippen LogP contribution in [0.3, 0.4) is 0 Å². The molecule has 0 radical (unpaired) electrons. The van der Waals surface area contributed by atoms with Crippen molar-refractivity contribution in [2.45, 2.75) is 19.3 Å². The molecule has 9 nitrogen and oxygen atoms in total. The van der Waals surface area contributed by atoms with Crippen LogP contribution in [0.25, 0.3) is 0 Å². The highest BCUT2D eigenvalue weighted by Crippen LogP contribution is 2.53. The van der Waals surface area contributed by atoms with Gasteiger partial charge in [-0.15, -0.1) is 0 Å². The topological polar surface area (TPSA) is 125 Å². The SMILES string of the molecule is COc1ccc([N+](=O)[O-])c(NC(=O)COC(=O)[C@H]2[C@H]3CC[C@@H](C3)[C@@H]2C(=O)c2ccccc2)c1. The largest absolute Gasteiger partial charge is 0.497 e. The summed E-state index contributed by atoms with van der Waals surface area (Å²) < 4.78 is 10.3. The molecule has 0 saturated heterocycles. The molecule has 2 fully saturated rings. The quantitative estimate of drug-likeness (QED) is 0.281. The molecule has 0 unspecified atom stereocenters. The number of hydrogen-bond donors (Lipinski definition) is 1. The number of carbonyl (C=O) groups is 3. The highest BCUT2D eigenvalue weighted by Gasteiger charge is 2.54.